The third-order valence-corrected chi connectivity index (χ3v) is 2.67. The number of aromatic hydroxyl groups is 1. The zero-order chi connectivity index (χ0) is 10.7. The molecule has 3 heteroatoms. The molecule has 1 aromatic carbocycles. The minimum absolute atomic E-state index is 0.0200. The number of phenols is 1. The van der Waals surface area contributed by atoms with Gasteiger partial charge in [0.2, 0.25) is 0 Å². The third-order valence-electron chi connectivity index (χ3n) is 2.04. The van der Waals surface area contributed by atoms with Crippen LogP contribution in [0.5, 0.6) is 5.75 Å². The van der Waals surface area contributed by atoms with Gasteiger partial charge < -0.3 is 5.11 Å². The van der Waals surface area contributed by atoms with Crippen LogP contribution in [0.25, 0.3) is 0 Å². The van der Waals surface area contributed by atoms with Crippen molar-refractivity contribution in [2.75, 3.05) is 0 Å². The van der Waals surface area contributed by atoms with Crippen molar-refractivity contribution in [3.05, 3.63) is 26.8 Å². The number of rotatable bonds is 3. The SMILES string of the molecule is CCCC(=O)c1cc(I)cc(C)c1O. The molecule has 2 nitrogen and oxygen atoms in total. The maximum atomic E-state index is 11.6. The van der Waals surface area contributed by atoms with Gasteiger partial charge in [-0.2, -0.15) is 0 Å². The number of aryl methyl sites for hydroxylation is 1. The van der Waals surface area contributed by atoms with Crippen LogP contribution in [0.4, 0.5) is 0 Å². The highest BCUT2D eigenvalue weighted by molar-refractivity contribution is 14.1. The maximum absolute atomic E-state index is 11.6. The van der Waals surface area contributed by atoms with Gasteiger partial charge in [-0.1, -0.05) is 6.92 Å². The van der Waals surface area contributed by atoms with Gasteiger partial charge >= 0.3 is 0 Å². The summed E-state index contributed by atoms with van der Waals surface area (Å²) >= 11 is 2.15. The minimum Gasteiger partial charge on any atom is -0.507 e. The molecule has 0 fully saturated rings. The van der Waals surface area contributed by atoms with Crippen molar-refractivity contribution < 1.29 is 9.90 Å². The lowest BCUT2D eigenvalue weighted by molar-refractivity contribution is 0.0979. The Morgan fingerprint density at radius 2 is 2.14 bits per heavy atom. The second kappa shape index (κ2) is 4.77. The fourth-order valence-electron chi connectivity index (χ4n) is 1.31. The summed E-state index contributed by atoms with van der Waals surface area (Å²) in [6.07, 6.45) is 1.30. The molecule has 0 unspecified atom stereocenters. The highest BCUT2D eigenvalue weighted by atomic mass is 127. The molecule has 0 spiro atoms. The van der Waals surface area contributed by atoms with Crippen LogP contribution in [0.3, 0.4) is 0 Å². The number of Topliss-reactive ketones (excluding diaryl/α,β-unsaturated/α-hetero) is 1. The van der Waals surface area contributed by atoms with E-state index >= 15 is 0 Å². The Kier molecular flexibility index (Phi) is 3.92. The van der Waals surface area contributed by atoms with E-state index in [9.17, 15) is 9.90 Å². The highest BCUT2D eigenvalue weighted by Gasteiger charge is 2.12. The van der Waals surface area contributed by atoms with Gasteiger partial charge in [0.05, 0.1) is 5.56 Å². The molecule has 1 rings (SSSR count). The predicted molar refractivity (Wildman–Crippen MR) is 64.8 cm³/mol. The van der Waals surface area contributed by atoms with Gasteiger partial charge in [-0.25, -0.2) is 0 Å². The summed E-state index contributed by atoms with van der Waals surface area (Å²) < 4.78 is 0.984. The number of carbonyl (C=O) groups excluding carboxylic acids is 1. The van der Waals surface area contributed by atoms with E-state index in [0.29, 0.717) is 12.0 Å². The first-order valence-electron chi connectivity index (χ1n) is 4.58. The summed E-state index contributed by atoms with van der Waals surface area (Å²) in [6.45, 7) is 3.76. The first-order chi connectivity index (χ1) is 6.56. The number of benzene rings is 1. The molecule has 0 aliphatic rings. The molecule has 0 atom stereocenters. The molecule has 0 saturated heterocycles. The smallest absolute Gasteiger partial charge is 0.166 e. The number of carbonyl (C=O) groups is 1. The number of phenolic OH excluding ortho intramolecular Hbond substituents is 1. The Bertz CT molecular complexity index is 359. The predicted octanol–water partition coefficient (Wildman–Crippen LogP) is 3.29. The Hall–Kier alpha value is -0.580. The van der Waals surface area contributed by atoms with Crippen molar-refractivity contribution in [1.82, 2.24) is 0 Å². The maximum Gasteiger partial charge on any atom is 0.166 e. The highest BCUT2D eigenvalue weighted by Crippen LogP contribution is 2.26. The molecular formula is C11H13IO2. The van der Waals surface area contributed by atoms with Crippen LogP contribution in [0.15, 0.2) is 12.1 Å². The molecule has 0 aliphatic heterocycles. The first-order valence-corrected chi connectivity index (χ1v) is 5.66. The largest absolute Gasteiger partial charge is 0.507 e. The third kappa shape index (κ3) is 2.47. The molecule has 0 amide bonds. The van der Waals surface area contributed by atoms with Crippen molar-refractivity contribution in [1.29, 1.82) is 0 Å². The second-order valence-corrected chi connectivity index (χ2v) is 4.54. The molecular weight excluding hydrogens is 291 g/mol. The number of hydrogen-bond donors (Lipinski definition) is 1. The van der Waals surface area contributed by atoms with Crippen molar-refractivity contribution in [2.24, 2.45) is 0 Å². The summed E-state index contributed by atoms with van der Waals surface area (Å²) in [5.41, 5.74) is 1.22. The molecule has 0 radical (unpaired) electrons. The molecule has 14 heavy (non-hydrogen) atoms. The van der Waals surface area contributed by atoms with Gasteiger partial charge in [-0.3, -0.25) is 4.79 Å². The second-order valence-electron chi connectivity index (χ2n) is 3.29. The normalized spacial score (nSPS) is 10.2. The van der Waals surface area contributed by atoms with E-state index in [4.69, 9.17) is 0 Å². The van der Waals surface area contributed by atoms with Gasteiger partial charge in [-0.15, -0.1) is 0 Å². The van der Waals surface area contributed by atoms with Crippen molar-refractivity contribution in [3.63, 3.8) is 0 Å². The van der Waals surface area contributed by atoms with E-state index in [0.717, 1.165) is 15.6 Å². The quantitative estimate of drug-likeness (QED) is 0.687. The summed E-state index contributed by atoms with van der Waals surface area (Å²) in [5.74, 6) is 0.149. The van der Waals surface area contributed by atoms with Crippen LogP contribution in [-0.2, 0) is 0 Å². The molecule has 0 aliphatic carbocycles. The standard InChI is InChI=1S/C11H13IO2/c1-3-4-10(13)9-6-8(12)5-7(2)11(9)14/h5-6,14H,3-4H2,1-2H3. The van der Waals surface area contributed by atoms with Gasteiger partial charge in [0.25, 0.3) is 0 Å². The molecule has 0 heterocycles. The molecule has 76 valence electrons. The molecule has 1 aromatic rings. The van der Waals surface area contributed by atoms with Gasteiger partial charge in [0.15, 0.2) is 5.78 Å². The van der Waals surface area contributed by atoms with Crippen molar-refractivity contribution in [2.45, 2.75) is 26.7 Å². The van der Waals surface area contributed by atoms with Crippen LogP contribution in [0.2, 0.25) is 0 Å². The average Bonchev–Trinajstić information content (AvgIpc) is 2.11. The van der Waals surface area contributed by atoms with E-state index in [1.807, 2.05) is 13.0 Å². The van der Waals surface area contributed by atoms with E-state index in [1.165, 1.54) is 0 Å². The van der Waals surface area contributed by atoms with Crippen LogP contribution >= 0.6 is 22.6 Å². The van der Waals surface area contributed by atoms with Crippen LogP contribution in [-0.4, -0.2) is 10.9 Å². The lowest BCUT2D eigenvalue weighted by Gasteiger charge is -2.06. The van der Waals surface area contributed by atoms with E-state index in [-0.39, 0.29) is 11.5 Å². The first kappa shape index (κ1) is 11.5. The zero-order valence-electron chi connectivity index (χ0n) is 8.30. The van der Waals surface area contributed by atoms with Crippen LogP contribution in [0, 0.1) is 10.5 Å². The topological polar surface area (TPSA) is 37.3 Å². The molecule has 0 aromatic heterocycles. The van der Waals surface area contributed by atoms with Gasteiger partial charge in [0, 0.05) is 9.99 Å². The Labute approximate surface area is 97.5 Å². The van der Waals surface area contributed by atoms with Crippen LogP contribution < -0.4 is 0 Å². The van der Waals surface area contributed by atoms with Gasteiger partial charge in [0.1, 0.15) is 5.75 Å². The minimum atomic E-state index is 0.0200. The van der Waals surface area contributed by atoms with E-state index in [2.05, 4.69) is 22.6 Å². The zero-order valence-corrected chi connectivity index (χ0v) is 10.5. The lowest BCUT2D eigenvalue weighted by atomic mass is 10.0. The fourth-order valence-corrected chi connectivity index (χ4v) is 2.09. The van der Waals surface area contributed by atoms with Crippen molar-refractivity contribution in [3.8, 4) is 5.75 Å². The van der Waals surface area contributed by atoms with Gasteiger partial charge in [-0.05, 0) is 53.6 Å². The number of halogens is 1. The Morgan fingerprint density at radius 3 is 2.71 bits per heavy atom. The number of ketones is 1. The summed E-state index contributed by atoms with van der Waals surface area (Å²) in [7, 11) is 0. The molecule has 1 N–H and O–H groups in total. The summed E-state index contributed by atoms with van der Waals surface area (Å²) in [5, 5.41) is 9.69. The molecule has 0 bridgehead atoms. The number of hydrogen-bond acceptors (Lipinski definition) is 2. The van der Waals surface area contributed by atoms with E-state index in [1.54, 1.807) is 13.0 Å². The lowest BCUT2D eigenvalue weighted by Crippen LogP contribution is -2.00. The van der Waals surface area contributed by atoms with Crippen molar-refractivity contribution >= 4 is 28.4 Å². The Morgan fingerprint density at radius 1 is 1.50 bits per heavy atom. The van der Waals surface area contributed by atoms with Crippen LogP contribution in [0.1, 0.15) is 35.7 Å². The monoisotopic (exact) mass is 304 g/mol. The summed E-state index contributed by atoms with van der Waals surface area (Å²) in [6, 6.07) is 3.60. The fraction of sp³-hybridized carbons (Fsp3) is 0.364. The Balaban J connectivity index is 3.13. The molecule has 0 saturated carbocycles. The van der Waals surface area contributed by atoms with E-state index < -0.39 is 0 Å². The summed E-state index contributed by atoms with van der Waals surface area (Å²) in [4.78, 5) is 11.6. The average molecular weight is 304 g/mol.